The summed E-state index contributed by atoms with van der Waals surface area (Å²) in [7, 11) is 2.05. The summed E-state index contributed by atoms with van der Waals surface area (Å²) in [6.45, 7) is 2.28. The second-order valence-electron chi connectivity index (χ2n) is 4.42. The minimum Gasteiger partial charge on any atom is -0.317 e. The van der Waals surface area contributed by atoms with Crippen molar-refractivity contribution in [3.05, 3.63) is 33.8 Å². The summed E-state index contributed by atoms with van der Waals surface area (Å²) in [5.41, 5.74) is 3.08. The molecule has 0 aliphatic heterocycles. The molecule has 82 valence electrons. The molecule has 1 aromatic rings. The molecule has 0 spiro atoms. The summed E-state index contributed by atoms with van der Waals surface area (Å²) in [4.78, 5) is 0. The van der Waals surface area contributed by atoms with Crippen LogP contribution in [-0.4, -0.2) is 13.1 Å². The molecule has 0 heterocycles. The molecule has 0 aromatic heterocycles. The van der Waals surface area contributed by atoms with Gasteiger partial charge in [0.25, 0.3) is 0 Å². The third kappa shape index (κ3) is 2.26. The molecule has 0 saturated heterocycles. The first kappa shape index (κ1) is 11.2. The zero-order valence-corrected chi connectivity index (χ0v) is 11.0. The smallest absolute Gasteiger partial charge is 0.0178 e. The van der Waals surface area contributed by atoms with E-state index in [1.54, 1.807) is 0 Å². The quantitative estimate of drug-likeness (QED) is 0.866. The highest BCUT2D eigenvalue weighted by atomic mass is 79.9. The third-order valence-corrected chi connectivity index (χ3v) is 4.02. The Bertz CT molecular complexity index is 348. The van der Waals surface area contributed by atoms with E-state index < -0.39 is 0 Å². The maximum atomic E-state index is 3.57. The monoisotopic (exact) mass is 267 g/mol. The average molecular weight is 268 g/mol. The lowest BCUT2D eigenvalue weighted by molar-refractivity contribution is 0.437. The zero-order chi connectivity index (χ0) is 10.8. The molecule has 0 radical (unpaired) electrons. The average Bonchev–Trinajstić information content (AvgIpc) is 2.27. The van der Waals surface area contributed by atoms with Gasteiger partial charge in [-0.15, -0.1) is 0 Å². The van der Waals surface area contributed by atoms with E-state index in [1.165, 1.54) is 34.9 Å². The van der Waals surface area contributed by atoms with Gasteiger partial charge in [0.1, 0.15) is 0 Å². The summed E-state index contributed by atoms with van der Waals surface area (Å²) in [6.07, 6.45) is 3.88. The van der Waals surface area contributed by atoms with Crippen LogP contribution in [0.2, 0.25) is 0 Å². The number of hydrogen-bond donors (Lipinski definition) is 1. The van der Waals surface area contributed by atoms with Crippen LogP contribution in [0.5, 0.6) is 0 Å². The van der Waals surface area contributed by atoms with Gasteiger partial charge in [-0.3, -0.25) is 0 Å². The second-order valence-corrected chi connectivity index (χ2v) is 5.33. The van der Waals surface area contributed by atoms with Crippen molar-refractivity contribution in [2.45, 2.75) is 38.1 Å². The van der Waals surface area contributed by atoms with Gasteiger partial charge in [0.15, 0.2) is 0 Å². The number of likely N-dealkylation sites (N-methyl/N-ethyl adjacent to an activating group) is 1. The number of benzene rings is 1. The summed E-state index contributed by atoms with van der Waals surface area (Å²) in [6, 6.07) is 7.30. The van der Waals surface area contributed by atoms with Gasteiger partial charge in [-0.05, 0) is 62.4 Å². The molecule has 0 amide bonds. The van der Waals surface area contributed by atoms with Crippen LogP contribution in [0.25, 0.3) is 0 Å². The second kappa shape index (κ2) is 4.67. The van der Waals surface area contributed by atoms with E-state index in [2.05, 4.69) is 53.4 Å². The molecule has 2 heteroatoms. The van der Waals surface area contributed by atoms with Crippen molar-refractivity contribution in [2.24, 2.45) is 0 Å². The number of rotatable bonds is 2. The maximum absolute atomic E-state index is 3.57. The van der Waals surface area contributed by atoms with Crippen molar-refractivity contribution < 1.29 is 0 Å². The highest BCUT2D eigenvalue weighted by Crippen LogP contribution is 2.35. The fourth-order valence-corrected chi connectivity index (χ4v) is 2.91. The standard InChI is InChI=1S/C13H18BrN/c1-9(15-2)12-5-3-4-10-6-7-11(14)8-13(10)12/h6-9,12,15H,3-5H2,1-2H3. The van der Waals surface area contributed by atoms with Crippen LogP contribution < -0.4 is 5.32 Å². The van der Waals surface area contributed by atoms with Crippen molar-refractivity contribution in [3.63, 3.8) is 0 Å². The van der Waals surface area contributed by atoms with Crippen LogP contribution in [-0.2, 0) is 6.42 Å². The molecule has 2 unspecified atom stereocenters. The van der Waals surface area contributed by atoms with E-state index >= 15 is 0 Å². The summed E-state index contributed by atoms with van der Waals surface area (Å²) < 4.78 is 1.21. The molecule has 0 saturated carbocycles. The molecule has 1 aliphatic carbocycles. The maximum Gasteiger partial charge on any atom is 0.0178 e. The lowest BCUT2D eigenvalue weighted by Crippen LogP contribution is -2.31. The zero-order valence-electron chi connectivity index (χ0n) is 9.39. The van der Waals surface area contributed by atoms with Crippen LogP contribution in [0.1, 0.15) is 36.8 Å². The van der Waals surface area contributed by atoms with Gasteiger partial charge in [-0.2, -0.15) is 0 Å². The number of fused-ring (bicyclic) bond motifs is 1. The topological polar surface area (TPSA) is 12.0 Å². The van der Waals surface area contributed by atoms with Gasteiger partial charge in [-0.25, -0.2) is 0 Å². The predicted molar refractivity (Wildman–Crippen MR) is 68.3 cm³/mol. The molecule has 2 rings (SSSR count). The molecular weight excluding hydrogens is 250 g/mol. The van der Waals surface area contributed by atoms with Crippen molar-refractivity contribution in [1.29, 1.82) is 0 Å². The molecular formula is C13H18BrN. The minimum absolute atomic E-state index is 0.568. The van der Waals surface area contributed by atoms with Gasteiger partial charge >= 0.3 is 0 Å². The van der Waals surface area contributed by atoms with E-state index in [9.17, 15) is 0 Å². The first-order valence-electron chi connectivity index (χ1n) is 5.68. The Morgan fingerprint density at radius 1 is 1.47 bits per heavy atom. The fourth-order valence-electron chi connectivity index (χ4n) is 2.53. The van der Waals surface area contributed by atoms with E-state index in [1.807, 2.05) is 0 Å². The molecule has 1 nitrogen and oxygen atoms in total. The van der Waals surface area contributed by atoms with Gasteiger partial charge in [0, 0.05) is 10.5 Å². The Morgan fingerprint density at radius 3 is 3.00 bits per heavy atom. The molecule has 1 N–H and O–H groups in total. The van der Waals surface area contributed by atoms with Crippen molar-refractivity contribution in [1.82, 2.24) is 5.32 Å². The first-order chi connectivity index (χ1) is 7.22. The van der Waals surface area contributed by atoms with E-state index in [0.717, 1.165) is 0 Å². The van der Waals surface area contributed by atoms with Crippen molar-refractivity contribution in [2.75, 3.05) is 7.05 Å². The minimum atomic E-state index is 0.568. The predicted octanol–water partition coefficient (Wildman–Crippen LogP) is 3.48. The van der Waals surface area contributed by atoms with Crippen LogP contribution in [0.15, 0.2) is 22.7 Å². The van der Waals surface area contributed by atoms with E-state index in [-0.39, 0.29) is 0 Å². The van der Waals surface area contributed by atoms with Crippen molar-refractivity contribution >= 4 is 15.9 Å². The Hall–Kier alpha value is -0.340. The largest absolute Gasteiger partial charge is 0.317 e. The lowest BCUT2D eigenvalue weighted by Gasteiger charge is -2.30. The Labute approximate surface area is 100 Å². The summed E-state index contributed by atoms with van der Waals surface area (Å²) >= 11 is 3.57. The van der Waals surface area contributed by atoms with E-state index in [4.69, 9.17) is 0 Å². The third-order valence-electron chi connectivity index (χ3n) is 3.53. The lowest BCUT2D eigenvalue weighted by atomic mass is 9.79. The van der Waals surface area contributed by atoms with Crippen LogP contribution in [0.3, 0.4) is 0 Å². The van der Waals surface area contributed by atoms with Crippen molar-refractivity contribution in [3.8, 4) is 0 Å². The SMILES string of the molecule is CNC(C)C1CCCc2ccc(Br)cc21. The molecule has 1 aromatic carbocycles. The summed E-state index contributed by atoms with van der Waals surface area (Å²) in [5, 5.41) is 3.38. The Kier molecular flexibility index (Phi) is 3.47. The number of aryl methyl sites for hydroxylation is 1. The van der Waals surface area contributed by atoms with Gasteiger partial charge < -0.3 is 5.32 Å². The first-order valence-corrected chi connectivity index (χ1v) is 6.47. The number of hydrogen-bond acceptors (Lipinski definition) is 1. The van der Waals surface area contributed by atoms with Crippen LogP contribution in [0, 0.1) is 0 Å². The number of halogens is 1. The normalized spacial score (nSPS) is 22.2. The fraction of sp³-hybridized carbons (Fsp3) is 0.538. The molecule has 1 aliphatic rings. The summed E-state index contributed by atoms with van der Waals surface area (Å²) in [5.74, 6) is 0.677. The van der Waals surface area contributed by atoms with Gasteiger partial charge in [0.05, 0.1) is 0 Å². The van der Waals surface area contributed by atoms with Gasteiger partial charge in [-0.1, -0.05) is 22.0 Å². The molecule has 2 atom stereocenters. The highest BCUT2D eigenvalue weighted by molar-refractivity contribution is 9.10. The Morgan fingerprint density at radius 2 is 2.27 bits per heavy atom. The van der Waals surface area contributed by atoms with Crippen LogP contribution >= 0.6 is 15.9 Å². The number of nitrogens with one attached hydrogen (secondary N) is 1. The van der Waals surface area contributed by atoms with E-state index in [0.29, 0.717) is 12.0 Å². The molecule has 0 bridgehead atoms. The Balaban J connectivity index is 2.36. The van der Waals surface area contributed by atoms with Crippen LogP contribution in [0.4, 0.5) is 0 Å². The highest BCUT2D eigenvalue weighted by Gasteiger charge is 2.24. The molecule has 15 heavy (non-hydrogen) atoms. The van der Waals surface area contributed by atoms with Gasteiger partial charge in [0.2, 0.25) is 0 Å². The molecule has 0 fully saturated rings.